The van der Waals surface area contributed by atoms with Crippen LogP contribution in [0.25, 0.3) is 0 Å². The summed E-state index contributed by atoms with van der Waals surface area (Å²) in [6.07, 6.45) is 62.4. The summed E-state index contributed by atoms with van der Waals surface area (Å²) in [7, 11) is 0. The van der Waals surface area contributed by atoms with E-state index in [-0.39, 0.29) is 31.1 Å². The Morgan fingerprint density at radius 3 is 0.814 bits per heavy atom. The van der Waals surface area contributed by atoms with Gasteiger partial charge in [0.05, 0.1) is 0 Å². The Morgan fingerprint density at radius 2 is 0.543 bits per heavy atom. The van der Waals surface area contributed by atoms with Crippen LogP contribution >= 0.6 is 0 Å². The van der Waals surface area contributed by atoms with E-state index >= 15 is 0 Å². The van der Waals surface area contributed by atoms with Gasteiger partial charge in [-0.2, -0.15) is 0 Å². The molecule has 1 unspecified atom stereocenters. The molecule has 0 amide bonds. The highest BCUT2D eigenvalue weighted by Crippen LogP contribution is 2.19. The molecular formula is C64H124O6. The lowest BCUT2D eigenvalue weighted by Gasteiger charge is -2.18. The molecule has 0 saturated carbocycles. The summed E-state index contributed by atoms with van der Waals surface area (Å²) in [6, 6.07) is 0. The van der Waals surface area contributed by atoms with Crippen molar-refractivity contribution >= 4 is 17.9 Å². The molecule has 0 aromatic carbocycles. The second-order valence-corrected chi connectivity index (χ2v) is 22.8. The Hall–Kier alpha value is -1.59. The van der Waals surface area contributed by atoms with E-state index in [1.165, 1.54) is 250 Å². The summed E-state index contributed by atoms with van der Waals surface area (Å²) >= 11 is 0. The third kappa shape index (κ3) is 55.7. The summed E-state index contributed by atoms with van der Waals surface area (Å²) < 4.78 is 16.9. The molecule has 6 heteroatoms. The van der Waals surface area contributed by atoms with Crippen LogP contribution < -0.4 is 0 Å². The fourth-order valence-corrected chi connectivity index (χ4v) is 9.90. The van der Waals surface area contributed by atoms with E-state index < -0.39 is 6.10 Å². The van der Waals surface area contributed by atoms with Crippen LogP contribution in [-0.2, 0) is 28.6 Å². The van der Waals surface area contributed by atoms with Gasteiger partial charge in [-0.15, -0.1) is 0 Å². The summed E-state index contributed by atoms with van der Waals surface area (Å²) in [5.74, 6) is 0.894. The van der Waals surface area contributed by atoms with Gasteiger partial charge < -0.3 is 14.2 Å². The number of rotatable bonds is 58. The smallest absolute Gasteiger partial charge is 0.306 e. The zero-order valence-corrected chi connectivity index (χ0v) is 48.2. The third-order valence-electron chi connectivity index (χ3n) is 15.1. The number of carbonyl (C=O) groups excluding carboxylic acids is 3. The largest absolute Gasteiger partial charge is 0.462 e. The van der Waals surface area contributed by atoms with Crippen LogP contribution in [0.3, 0.4) is 0 Å². The highest BCUT2D eigenvalue weighted by atomic mass is 16.6. The zero-order chi connectivity index (χ0) is 51.1. The minimum absolute atomic E-state index is 0.0621. The number of hydrogen-bond acceptors (Lipinski definition) is 6. The molecule has 0 saturated heterocycles. The molecule has 0 aliphatic rings. The van der Waals surface area contributed by atoms with Gasteiger partial charge in [-0.3, -0.25) is 14.4 Å². The molecule has 0 heterocycles. The lowest BCUT2D eigenvalue weighted by atomic mass is 9.99. The van der Waals surface area contributed by atoms with Gasteiger partial charge in [0.15, 0.2) is 6.10 Å². The van der Waals surface area contributed by atoms with Crippen LogP contribution in [0.1, 0.15) is 362 Å². The molecule has 0 radical (unpaired) electrons. The fraction of sp³-hybridized carbons (Fsp3) is 0.953. The minimum atomic E-state index is -0.764. The molecule has 416 valence electrons. The Bertz CT molecular complexity index is 1070. The standard InChI is InChI=1S/C64H124O6/c1-6-8-9-10-11-12-13-14-15-18-22-25-28-34-39-44-49-54-62(65)68-57-61(58-69-63(66)55-50-45-40-35-31-30-32-37-42-47-52-59(3)4)70-64(67)56-51-46-41-36-29-26-23-20-17-16-19-21-24-27-33-38-43-48-53-60(5)7-2/h59-61H,6-58H2,1-5H3/t60?,61-/m1/s1. The van der Waals surface area contributed by atoms with Crippen molar-refractivity contribution in [1.82, 2.24) is 0 Å². The highest BCUT2D eigenvalue weighted by molar-refractivity contribution is 5.71. The van der Waals surface area contributed by atoms with Crippen molar-refractivity contribution in [3.8, 4) is 0 Å². The SMILES string of the molecule is CCCCCCCCCCCCCCCCCCCC(=O)OC[C@H](COC(=O)CCCCCCCCCCCCC(C)C)OC(=O)CCCCCCCCCCCCCCCCCCCCC(C)CC. The molecule has 0 aliphatic carbocycles. The van der Waals surface area contributed by atoms with E-state index in [4.69, 9.17) is 14.2 Å². The molecule has 70 heavy (non-hydrogen) atoms. The molecule has 0 spiro atoms. The first-order valence-corrected chi connectivity index (χ1v) is 31.8. The number of hydrogen-bond donors (Lipinski definition) is 0. The van der Waals surface area contributed by atoms with E-state index in [1.807, 2.05) is 0 Å². The predicted molar refractivity (Wildman–Crippen MR) is 303 cm³/mol. The number of esters is 3. The van der Waals surface area contributed by atoms with E-state index in [2.05, 4.69) is 34.6 Å². The maximum atomic E-state index is 12.9. The monoisotopic (exact) mass is 989 g/mol. The molecule has 6 nitrogen and oxygen atoms in total. The summed E-state index contributed by atoms with van der Waals surface area (Å²) in [4.78, 5) is 38.3. The van der Waals surface area contributed by atoms with Gasteiger partial charge in [-0.1, -0.05) is 324 Å². The van der Waals surface area contributed by atoms with Gasteiger partial charge in [-0.05, 0) is 31.1 Å². The first kappa shape index (κ1) is 68.4. The zero-order valence-electron chi connectivity index (χ0n) is 48.2. The van der Waals surface area contributed by atoms with Crippen molar-refractivity contribution < 1.29 is 28.6 Å². The predicted octanol–water partition coefficient (Wildman–Crippen LogP) is 21.2. The van der Waals surface area contributed by atoms with Gasteiger partial charge in [0.1, 0.15) is 13.2 Å². The van der Waals surface area contributed by atoms with Gasteiger partial charge in [0.25, 0.3) is 0 Å². The number of unbranched alkanes of at least 4 members (excludes halogenated alkanes) is 42. The molecular weight excluding hydrogens is 865 g/mol. The summed E-state index contributed by atoms with van der Waals surface area (Å²) in [5.41, 5.74) is 0. The normalized spacial score (nSPS) is 12.4. The Morgan fingerprint density at radius 1 is 0.300 bits per heavy atom. The maximum Gasteiger partial charge on any atom is 0.306 e. The Labute approximate surface area is 438 Å². The van der Waals surface area contributed by atoms with Gasteiger partial charge in [-0.25, -0.2) is 0 Å². The summed E-state index contributed by atoms with van der Waals surface area (Å²) in [6.45, 7) is 11.5. The number of ether oxygens (including phenoxy) is 3. The van der Waals surface area contributed by atoms with Crippen LogP contribution in [-0.4, -0.2) is 37.2 Å². The first-order valence-electron chi connectivity index (χ1n) is 31.8. The van der Waals surface area contributed by atoms with Gasteiger partial charge >= 0.3 is 17.9 Å². The Balaban J connectivity index is 4.25. The maximum absolute atomic E-state index is 12.9. The van der Waals surface area contributed by atoms with Crippen LogP contribution in [0, 0.1) is 11.8 Å². The van der Waals surface area contributed by atoms with Crippen LogP contribution in [0.4, 0.5) is 0 Å². The van der Waals surface area contributed by atoms with Crippen molar-refractivity contribution in [2.45, 2.75) is 368 Å². The Kier molecular flexibility index (Phi) is 55.4. The molecule has 0 fully saturated rings. The van der Waals surface area contributed by atoms with Crippen LogP contribution in [0.5, 0.6) is 0 Å². The third-order valence-corrected chi connectivity index (χ3v) is 15.1. The van der Waals surface area contributed by atoms with E-state index in [9.17, 15) is 14.4 Å². The summed E-state index contributed by atoms with van der Waals surface area (Å²) in [5, 5.41) is 0. The van der Waals surface area contributed by atoms with Crippen molar-refractivity contribution in [2.75, 3.05) is 13.2 Å². The second-order valence-electron chi connectivity index (χ2n) is 22.8. The average Bonchev–Trinajstić information content (AvgIpc) is 3.35. The molecule has 0 aromatic rings. The van der Waals surface area contributed by atoms with E-state index in [1.54, 1.807) is 0 Å². The number of carbonyl (C=O) groups is 3. The lowest BCUT2D eigenvalue weighted by molar-refractivity contribution is -0.167. The van der Waals surface area contributed by atoms with Crippen LogP contribution in [0.15, 0.2) is 0 Å². The van der Waals surface area contributed by atoms with E-state index in [0.29, 0.717) is 19.3 Å². The molecule has 0 aliphatic heterocycles. The fourth-order valence-electron chi connectivity index (χ4n) is 9.90. The minimum Gasteiger partial charge on any atom is -0.462 e. The molecule has 0 rings (SSSR count). The molecule has 0 aromatic heterocycles. The van der Waals surface area contributed by atoms with Crippen molar-refractivity contribution in [3.05, 3.63) is 0 Å². The highest BCUT2D eigenvalue weighted by Gasteiger charge is 2.19. The van der Waals surface area contributed by atoms with Crippen molar-refractivity contribution in [3.63, 3.8) is 0 Å². The lowest BCUT2D eigenvalue weighted by Crippen LogP contribution is -2.30. The molecule has 0 N–H and O–H groups in total. The van der Waals surface area contributed by atoms with Crippen molar-refractivity contribution in [2.24, 2.45) is 11.8 Å². The van der Waals surface area contributed by atoms with Gasteiger partial charge in [0, 0.05) is 19.3 Å². The average molecular weight is 990 g/mol. The van der Waals surface area contributed by atoms with Crippen molar-refractivity contribution in [1.29, 1.82) is 0 Å². The molecule has 2 atom stereocenters. The quantitative estimate of drug-likeness (QED) is 0.0343. The topological polar surface area (TPSA) is 78.9 Å². The molecule has 0 bridgehead atoms. The van der Waals surface area contributed by atoms with E-state index in [0.717, 1.165) is 69.6 Å². The van der Waals surface area contributed by atoms with Crippen LogP contribution in [0.2, 0.25) is 0 Å². The van der Waals surface area contributed by atoms with Gasteiger partial charge in [0.2, 0.25) is 0 Å². The second kappa shape index (κ2) is 56.7. The first-order chi connectivity index (χ1) is 34.3.